The number of hydrogen-bond acceptors (Lipinski definition) is 2. The molecule has 2 nitrogen and oxygen atoms in total. The van der Waals surface area contributed by atoms with Gasteiger partial charge in [0.05, 0.1) is 0 Å². The van der Waals surface area contributed by atoms with Crippen LogP contribution in [-0.2, 0) is 6.54 Å². The molecule has 0 radical (unpaired) electrons. The average Bonchev–Trinajstić information content (AvgIpc) is 2.05. The normalized spacial score (nSPS) is 12.1. The summed E-state index contributed by atoms with van der Waals surface area (Å²) in [7, 11) is 2.14. The summed E-state index contributed by atoms with van der Waals surface area (Å²) in [4.78, 5) is 2.31. The van der Waals surface area contributed by atoms with Crippen LogP contribution in [0, 0.1) is 5.41 Å². The van der Waals surface area contributed by atoms with E-state index in [1.165, 1.54) is 5.56 Å². The van der Waals surface area contributed by atoms with Crippen molar-refractivity contribution in [2.45, 2.75) is 27.3 Å². The van der Waals surface area contributed by atoms with E-state index in [0.29, 0.717) is 5.41 Å². The average molecular weight is 206 g/mol. The van der Waals surface area contributed by atoms with Gasteiger partial charge in [-0.25, -0.2) is 0 Å². The minimum atomic E-state index is 0.332. The minimum Gasteiger partial charge on any atom is -0.398 e. The fourth-order valence-electron chi connectivity index (χ4n) is 1.83. The van der Waals surface area contributed by atoms with Crippen molar-refractivity contribution in [3.8, 4) is 0 Å². The summed E-state index contributed by atoms with van der Waals surface area (Å²) >= 11 is 0. The van der Waals surface area contributed by atoms with Crippen LogP contribution in [0.15, 0.2) is 24.3 Å². The summed E-state index contributed by atoms with van der Waals surface area (Å²) in [5.74, 6) is 0. The molecule has 0 atom stereocenters. The molecule has 0 unspecified atom stereocenters. The first kappa shape index (κ1) is 12.1. The molecule has 2 N–H and O–H groups in total. The van der Waals surface area contributed by atoms with Gasteiger partial charge in [0.25, 0.3) is 0 Å². The molecule has 0 aliphatic heterocycles. The Morgan fingerprint density at radius 2 is 1.80 bits per heavy atom. The maximum absolute atomic E-state index is 5.91. The molecule has 1 rings (SSSR count). The lowest BCUT2D eigenvalue weighted by molar-refractivity contribution is 0.221. The Bertz CT molecular complexity index is 313. The van der Waals surface area contributed by atoms with E-state index in [1.54, 1.807) is 0 Å². The van der Waals surface area contributed by atoms with Gasteiger partial charge in [-0.15, -0.1) is 0 Å². The summed E-state index contributed by atoms with van der Waals surface area (Å²) < 4.78 is 0. The van der Waals surface area contributed by atoms with E-state index < -0.39 is 0 Å². The second-order valence-electron chi connectivity index (χ2n) is 5.43. The lowest BCUT2D eigenvalue weighted by atomic mass is 9.96. The highest BCUT2D eigenvalue weighted by Crippen LogP contribution is 2.18. The zero-order valence-electron chi connectivity index (χ0n) is 10.2. The second kappa shape index (κ2) is 4.67. The molecule has 0 heterocycles. The molecule has 0 aliphatic rings. The first-order valence-electron chi connectivity index (χ1n) is 5.40. The van der Waals surface area contributed by atoms with E-state index in [0.717, 1.165) is 18.8 Å². The SMILES string of the molecule is CN(Cc1ccccc1N)CC(C)(C)C. The topological polar surface area (TPSA) is 29.3 Å². The molecule has 0 amide bonds. The molecule has 84 valence electrons. The van der Waals surface area contributed by atoms with Crippen molar-refractivity contribution >= 4 is 5.69 Å². The van der Waals surface area contributed by atoms with E-state index >= 15 is 0 Å². The van der Waals surface area contributed by atoms with Gasteiger partial charge in [0.1, 0.15) is 0 Å². The number of nitrogens with zero attached hydrogens (tertiary/aromatic N) is 1. The monoisotopic (exact) mass is 206 g/mol. The highest BCUT2D eigenvalue weighted by atomic mass is 15.1. The highest BCUT2D eigenvalue weighted by Gasteiger charge is 2.13. The Labute approximate surface area is 93.1 Å². The Balaban J connectivity index is 2.59. The van der Waals surface area contributed by atoms with Crippen LogP contribution in [0.2, 0.25) is 0 Å². The first-order valence-corrected chi connectivity index (χ1v) is 5.40. The lowest BCUT2D eigenvalue weighted by Gasteiger charge is -2.26. The fraction of sp³-hybridized carbons (Fsp3) is 0.538. The van der Waals surface area contributed by atoms with Crippen molar-refractivity contribution in [3.05, 3.63) is 29.8 Å². The van der Waals surface area contributed by atoms with Crippen molar-refractivity contribution < 1.29 is 0 Å². The summed E-state index contributed by atoms with van der Waals surface area (Å²) in [6, 6.07) is 8.06. The Morgan fingerprint density at radius 1 is 1.20 bits per heavy atom. The van der Waals surface area contributed by atoms with Gasteiger partial charge < -0.3 is 10.6 Å². The molecule has 0 aliphatic carbocycles. The number of rotatable bonds is 3. The first-order chi connectivity index (χ1) is 6.88. The van der Waals surface area contributed by atoms with Crippen LogP contribution in [-0.4, -0.2) is 18.5 Å². The molecule has 2 heteroatoms. The number of anilines is 1. The van der Waals surface area contributed by atoms with Gasteiger partial charge in [-0.3, -0.25) is 0 Å². The molecule has 0 aromatic heterocycles. The molecule has 0 saturated heterocycles. The minimum absolute atomic E-state index is 0.332. The van der Waals surface area contributed by atoms with Crippen molar-refractivity contribution in [2.24, 2.45) is 5.41 Å². The molecule has 1 aromatic rings. The number of benzene rings is 1. The zero-order valence-corrected chi connectivity index (χ0v) is 10.2. The summed E-state index contributed by atoms with van der Waals surface area (Å²) in [5.41, 5.74) is 8.34. The van der Waals surface area contributed by atoms with Crippen LogP contribution >= 0.6 is 0 Å². The van der Waals surface area contributed by atoms with Gasteiger partial charge in [-0.05, 0) is 24.1 Å². The molecule has 1 aromatic carbocycles. The number of nitrogen functional groups attached to an aromatic ring is 1. The fourth-order valence-corrected chi connectivity index (χ4v) is 1.83. The maximum atomic E-state index is 5.91. The highest BCUT2D eigenvalue weighted by molar-refractivity contribution is 5.46. The smallest absolute Gasteiger partial charge is 0.0359 e. The van der Waals surface area contributed by atoms with E-state index in [1.807, 2.05) is 18.2 Å². The molecule has 15 heavy (non-hydrogen) atoms. The number of nitrogens with two attached hydrogens (primary N) is 1. The Hall–Kier alpha value is -1.02. The van der Waals surface area contributed by atoms with Gasteiger partial charge in [0.2, 0.25) is 0 Å². The number of para-hydroxylation sites is 1. The molecular formula is C13H22N2. The van der Waals surface area contributed by atoms with Crippen LogP contribution < -0.4 is 5.73 Å². The van der Waals surface area contributed by atoms with E-state index in [-0.39, 0.29) is 0 Å². The lowest BCUT2D eigenvalue weighted by Crippen LogP contribution is -2.29. The Kier molecular flexibility index (Phi) is 3.75. The van der Waals surface area contributed by atoms with Gasteiger partial charge >= 0.3 is 0 Å². The molecule has 0 bridgehead atoms. The third-order valence-corrected chi connectivity index (χ3v) is 2.24. The third-order valence-electron chi connectivity index (χ3n) is 2.24. The molecule has 0 spiro atoms. The maximum Gasteiger partial charge on any atom is 0.0359 e. The summed E-state index contributed by atoms with van der Waals surface area (Å²) in [6.45, 7) is 8.73. The predicted octanol–water partition coefficient (Wildman–Crippen LogP) is 2.75. The third kappa shape index (κ3) is 4.34. The van der Waals surface area contributed by atoms with E-state index in [4.69, 9.17) is 5.73 Å². The van der Waals surface area contributed by atoms with Crippen molar-refractivity contribution in [3.63, 3.8) is 0 Å². The summed E-state index contributed by atoms with van der Waals surface area (Å²) in [5, 5.41) is 0. The van der Waals surface area contributed by atoms with Crippen LogP contribution in [0.25, 0.3) is 0 Å². The largest absolute Gasteiger partial charge is 0.398 e. The van der Waals surface area contributed by atoms with Crippen molar-refractivity contribution in [1.82, 2.24) is 4.90 Å². The summed E-state index contributed by atoms with van der Waals surface area (Å²) in [6.07, 6.45) is 0. The van der Waals surface area contributed by atoms with Gasteiger partial charge in [0.15, 0.2) is 0 Å². The van der Waals surface area contributed by atoms with Crippen LogP contribution in [0.5, 0.6) is 0 Å². The van der Waals surface area contributed by atoms with Gasteiger partial charge in [-0.1, -0.05) is 39.0 Å². The van der Waals surface area contributed by atoms with Crippen LogP contribution in [0.4, 0.5) is 5.69 Å². The zero-order chi connectivity index (χ0) is 11.5. The Morgan fingerprint density at radius 3 is 2.33 bits per heavy atom. The van der Waals surface area contributed by atoms with Crippen molar-refractivity contribution in [1.29, 1.82) is 0 Å². The van der Waals surface area contributed by atoms with Gasteiger partial charge in [0, 0.05) is 18.8 Å². The van der Waals surface area contributed by atoms with E-state index in [9.17, 15) is 0 Å². The number of hydrogen-bond donors (Lipinski definition) is 1. The molecule has 0 fully saturated rings. The van der Waals surface area contributed by atoms with Crippen molar-refractivity contribution in [2.75, 3.05) is 19.3 Å². The van der Waals surface area contributed by atoms with Crippen LogP contribution in [0.3, 0.4) is 0 Å². The molecule has 0 saturated carbocycles. The quantitative estimate of drug-likeness (QED) is 0.770. The van der Waals surface area contributed by atoms with Crippen LogP contribution in [0.1, 0.15) is 26.3 Å². The second-order valence-corrected chi connectivity index (χ2v) is 5.43. The molecular weight excluding hydrogens is 184 g/mol. The predicted molar refractivity (Wildman–Crippen MR) is 66.6 cm³/mol. The standard InChI is InChI=1S/C13H22N2/c1-13(2,3)10-15(4)9-11-7-5-6-8-12(11)14/h5-8H,9-10,14H2,1-4H3. The van der Waals surface area contributed by atoms with E-state index in [2.05, 4.69) is 38.8 Å². The van der Waals surface area contributed by atoms with Gasteiger partial charge in [-0.2, -0.15) is 0 Å².